The summed E-state index contributed by atoms with van der Waals surface area (Å²) in [6.07, 6.45) is 1.14. The number of ketones is 1. The van der Waals surface area contributed by atoms with Gasteiger partial charge in [0, 0.05) is 11.8 Å². The van der Waals surface area contributed by atoms with E-state index >= 15 is 0 Å². The van der Waals surface area contributed by atoms with Crippen molar-refractivity contribution in [3.05, 3.63) is 35.4 Å². The minimum absolute atomic E-state index is 0.274. The average Bonchev–Trinajstić information content (AvgIpc) is 2.83. The molecule has 0 N–H and O–H groups in total. The van der Waals surface area contributed by atoms with Crippen LogP contribution in [0.4, 0.5) is 0 Å². The zero-order valence-corrected chi connectivity index (χ0v) is 7.23. The third kappa shape index (κ3) is 0.541. The molecule has 0 aromatic heterocycles. The van der Waals surface area contributed by atoms with Crippen molar-refractivity contribution in [3.8, 4) is 0 Å². The lowest BCUT2D eigenvalue weighted by atomic mass is 9.79. The average molecular weight is 170 g/mol. The molecule has 13 heavy (non-hydrogen) atoms. The summed E-state index contributed by atoms with van der Waals surface area (Å²) in [5, 5.41) is 0. The summed E-state index contributed by atoms with van der Waals surface area (Å²) in [4.78, 5) is 11.8. The Hall–Kier alpha value is -1.11. The molecule has 0 saturated heterocycles. The summed E-state index contributed by atoms with van der Waals surface area (Å²) in [5.41, 5.74) is 2.82. The molecule has 4 bridgehead atoms. The van der Waals surface area contributed by atoms with Gasteiger partial charge in [-0.3, -0.25) is 4.79 Å². The smallest absolute Gasteiger partial charge is 0.144 e. The van der Waals surface area contributed by atoms with Crippen molar-refractivity contribution in [2.75, 3.05) is 0 Å². The molecule has 4 aliphatic rings. The largest absolute Gasteiger partial charge is 0.299 e. The first-order valence-electron chi connectivity index (χ1n) is 5.00. The third-order valence-electron chi connectivity index (χ3n) is 4.08. The third-order valence-corrected chi connectivity index (χ3v) is 4.08. The highest BCUT2D eigenvalue weighted by molar-refractivity contribution is 5.97. The zero-order chi connectivity index (χ0) is 8.58. The van der Waals surface area contributed by atoms with Gasteiger partial charge in [0.15, 0.2) is 0 Å². The van der Waals surface area contributed by atoms with Crippen molar-refractivity contribution in [3.63, 3.8) is 0 Å². The van der Waals surface area contributed by atoms with Gasteiger partial charge >= 0.3 is 0 Å². The van der Waals surface area contributed by atoms with Crippen LogP contribution in [0.15, 0.2) is 24.3 Å². The van der Waals surface area contributed by atoms with Gasteiger partial charge in [0.2, 0.25) is 0 Å². The van der Waals surface area contributed by atoms with Crippen molar-refractivity contribution in [1.82, 2.24) is 0 Å². The fourth-order valence-corrected chi connectivity index (χ4v) is 3.51. The highest BCUT2D eigenvalue weighted by Gasteiger charge is 2.66. The van der Waals surface area contributed by atoms with Crippen LogP contribution in [0.2, 0.25) is 0 Å². The van der Waals surface area contributed by atoms with Gasteiger partial charge in [0.1, 0.15) is 5.78 Å². The van der Waals surface area contributed by atoms with Gasteiger partial charge in [0.25, 0.3) is 0 Å². The fourth-order valence-electron chi connectivity index (χ4n) is 3.51. The van der Waals surface area contributed by atoms with Crippen LogP contribution in [0.25, 0.3) is 0 Å². The molecule has 1 nitrogen and oxygen atoms in total. The molecular formula is C12H10O. The van der Waals surface area contributed by atoms with Gasteiger partial charge in [0.05, 0.1) is 0 Å². The summed E-state index contributed by atoms with van der Waals surface area (Å²) in [6, 6.07) is 8.51. The summed E-state index contributed by atoms with van der Waals surface area (Å²) in [7, 11) is 0. The second kappa shape index (κ2) is 1.72. The van der Waals surface area contributed by atoms with Crippen LogP contribution in [0.5, 0.6) is 0 Å². The number of rotatable bonds is 0. The van der Waals surface area contributed by atoms with E-state index in [0.29, 0.717) is 17.6 Å². The van der Waals surface area contributed by atoms with Crippen molar-refractivity contribution in [2.45, 2.75) is 18.3 Å². The van der Waals surface area contributed by atoms with Crippen LogP contribution in [-0.4, -0.2) is 5.78 Å². The van der Waals surface area contributed by atoms with Gasteiger partial charge in [-0.25, -0.2) is 0 Å². The maximum Gasteiger partial charge on any atom is 0.144 e. The summed E-state index contributed by atoms with van der Waals surface area (Å²) < 4.78 is 0. The second-order valence-corrected chi connectivity index (χ2v) is 4.53. The summed E-state index contributed by atoms with van der Waals surface area (Å²) in [5.74, 6) is 2.59. The van der Waals surface area contributed by atoms with Crippen LogP contribution in [0, 0.1) is 11.8 Å². The fraction of sp³-hybridized carbons (Fsp3) is 0.417. The lowest BCUT2D eigenvalue weighted by Gasteiger charge is -2.24. The van der Waals surface area contributed by atoms with Gasteiger partial charge < -0.3 is 0 Å². The van der Waals surface area contributed by atoms with E-state index in [9.17, 15) is 4.79 Å². The standard InChI is InChI=1S/C12H10O/c13-12-8-5-9-10(11(9)12)7-4-2-1-3-6(7)8/h1-4,8-11H,5H2/t8-,9+,10+,11+/m1/s1. The van der Waals surface area contributed by atoms with E-state index in [4.69, 9.17) is 0 Å². The number of benzene rings is 1. The molecule has 0 heterocycles. The molecule has 4 aliphatic carbocycles. The molecule has 2 saturated carbocycles. The minimum Gasteiger partial charge on any atom is -0.299 e. The molecule has 2 fully saturated rings. The molecule has 0 unspecified atom stereocenters. The topological polar surface area (TPSA) is 17.1 Å². The van der Waals surface area contributed by atoms with Crippen LogP contribution in [0.3, 0.4) is 0 Å². The Morgan fingerprint density at radius 2 is 1.85 bits per heavy atom. The maximum atomic E-state index is 11.8. The first-order valence-corrected chi connectivity index (χ1v) is 5.00. The highest BCUT2D eigenvalue weighted by atomic mass is 16.1. The number of hydrogen-bond donors (Lipinski definition) is 0. The van der Waals surface area contributed by atoms with E-state index in [-0.39, 0.29) is 5.92 Å². The van der Waals surface area contributed by atoms with Crippen molar-refractivity contribution in [1.29, 1.82) is 0 Å². The quantitative estimate of drug-likeness (QED) is 0.582. The number of carbonyl (C=O) groups excluding carboxylic acids is 1. The van der Waals surface area contributed by atoms with E-state index in [1.807, 2.05) is 0 Å². The molecule has 4 atom stereocenters. The van der Waals surface area contributed by atoms with Crippen molar-refractivity contribution >= 4 is 5.78 Å². The maximum absolute atomic E-state index is 11.8. The van der Waals surface area contributed by atoms with Crippen LogP contribution in [-0.2, 0) is 4.79 Å². The molecule has 0 spiro atoms. The normalized spacial score (nSPS) is 43.2. The van der Waals surface area contributed by atoms with Gasteiger partial charge in [-0.2, -0.15) is 0 Å². The van der Waals surface area contributed by atoms with E-state index < -0.39 is 0 Å². The highest BCUT2D eigenvalue weighted by Crippen LogP contribution is 2.69. The van der Waals surface area contributed by atoms with E-state index in [0.717, 1.165) is 12.3 Å². The zero-order valence-electron chi connectivity index (χ0n) is 7.23. The Morgan fingerprint density at radius 1 is 1.08 bits per heavy atom. The SMILES string of the molecule is O=C1[C@H]2[C@H]3C[C@@H]1c1ccccc1[C@@H]32. The predicted octanol–water partition coefficient (Wildman–Crippen LogP) is 2.09. The molecule has 1 heteroatoms. The Kier molecular flexibility index (Phi) is 0.841. The van der Waals surface area contributed by atoms with Gasteiger partial charge in [-0.1, -0.05) is 24.3 Å². The molecule has 0 aliphatic heterocycles. The van der Waals surface area contributed by atoms with Crippen LogP contribution >= 0.6 is 0 Å². The Morgan fingerprint density at radius 3 is 2.54 bits per heavy atom. The first kappa shape index (κ1) is 6.36. The molecular weight excluding hydrogens is 160 g/mol. The molecule has 1 aromatic rings. The van der Waals surface area contributed by atoms with Crippen LogP contribution < -0.4 is 0 Å². The molecule has 1 aromatic carbocycles. The number of hydrogen-bond acceptors (Lipinski definition) is 1. The monoisotopic (exact) mass is 170 g/mol. The number of Topliss-reactive ketones (excluding diaryl/α,β-unsaturated/α-hetero) is 1. The number of carbonyl (C=O) groups is 1. The molecule has 64 valence electrons. The van der Waals surface area contributed by atoms with E-state index in [1.54, 1.807) is 0 Å². The van der Waals surface area contributed by atoms with E-state index in [1.165, 1.54) is 11.1 Å². The molecule has 0 amide bonds. The van der Waals surface area contributed by atoms with Gasteiger partial charge in [-0.15, -0.1) is 0 Å². The minimum atomic E-state index is 0.274. The predicted molar refractivity (Wildman–Crippen MR) is 48.5 cm³/mol. The molecule has 0 radical (unpaired) electrons. The van der Waals surface area contributed by atoms with E-state index in [2.05, 4.69) is 24.3 Å². The Bertz CT molecular complexity index is 421. The van der Waals surface area contributed by atoms with Crippen molar-refractivity contribution < 1.29 is 4.79 Å². The first-order chi connectivity index (χ1) is 6.38. The second-order valence-electron chi connectivity index (χ2n) is 4.53. The summed E-state index contributed by atoms with van der Waals surface area (Å²) in [6.45, 7) is 0. The Labute approximate surface area is 76.8 Å². The van der Waals surface area contributed by atoms with Crippen LogP contribution in [0.1, 0.15) is 29.4 Å². The lowest BCUT2D eigenvalue weighted by molar-refractivity contribution is -0.120. The Balaban J connectivity index is 2.04. The van der Waals surface area contributed by atoms with Crippen molar-refractivity contribution in [2.24, 2.45) is 11.8 Å². The molecule has 5 rings (SSSR count). The summed E-state index contributed by atoms with van der Waals surface area (Å²) >= 11 is 0. The van der Waals surface area contributed by atoms with Gasteiger partial charge in [-0.05, 0) is 29.4 Å². The lowest BCUT2D eigenvalue weighted by Crippen LogP contribution is -2.19.